The zero-order valence-corrected chi connectivity index (χ0v) is 10.5. The van der Waals surface area contributed by atoms with E-state index in [0.29, 0.717) is 0 Å². The van der Waals surface area contributed by atoms with Gasteiger partial charge in [-0.25, -0.2) is 0 Å². The Bertz CT molecular complexity index is 457. The van der Waals surface area contributed by atoms with Gasteiger partial charge >= 0.3 is 0 Å². The van der Waals surface area contributed by atoms with E-state index in [-0.39, 0.29) is 5.41 Å². The molecule has 1 aromatic heterocycles. The Labute approximate surface area is 99.5 Å². The van der Waals surface area contributed by atoms with Crippen molar-refractivity contribution >= 4 is 22.2 Å². The van der Waals surface area contributed by atoms with Gasteiger partial charge in [-0.3, -0.25) is 0 Å². The summed E-state index contributed by atoms with van der Waals surface area (Å²) in [7, 11) is 0. The van der Waals surface area contributed by atoms with Gasteiger partial charge in [-0.2, -0.15) is 0 Å². The molecule has 0 aliphatic heterocycles. The first-order chi connectivity index (χ1) is 7.55. The predicted octanol–water partition coefficient (Wildman–Crippen LogP) is 3.58. The van der Waals surface area contributed by atoms with Crippen LogP contribution >= 0.6 is 11.3 Å². The molecule has 1 aromatic carbocycles. The molecule has 0 aliphatic rings. The maximum Gasteiger partial charge on any atom is 0.210 e. The van der Waals surface area contributed by atoms with Crippen LogP contribution in [0.1, 0.15) is 25.8 Å². The lowest BCUT2D eigenvalue weighted by Gasteiger charge is -2.12. The molecule has 2 rings (SSSR count). The zero-order chi connectivity index (χ0) is 11.6. The van der Waals surface area contributed by atoms with E-state index < -0.39 is 0 Å². The number of nitrogens with zero attached hydrogens (tertiary/aromatic N) is 2. The highest BCUT2D eigenvalue weighted by Crippen LogP contribution is 2.29. The van der Waals surface area contributed by atoms with E-state index in [1.807, 2.05) is 30.3 Å². The highest BCUT2D eigenvalue weighted by Gasteiger charge is 2.19. The highest BCUT2D eigenvalue weighted by molar-refractivity contribution is 7.15. The Hall–Kier alpha value is -1.42. The van der Waals surface area contributed by atoms with Crippen LogP contribution in [-0.4, -0.2) is 10.2 Å². The van der Waals surface area contributed by atoms with Gasteiger partial charge in [-0.15, -0.1) is 10.2 Å². The number of nitrogens with one attached hydrogen (secondary N) is 1. The van der Waals surface area contributed by atoms with E-state index in [2.05, 4.69) is 36.3 Å². The predicted molar refractivity (Wildman–Crippen MR) is 68.3 cm³/mol. The summed E-state index contributed by atoms with van der Waals surface area (Å²) in [5, 5.41) is 13.5. The molecule has 0 saturated carbocycles. The normalized spacial score (nSPS) is 11.4. The van der Waals surface area contributed by atoms with Gasteiger partial charge in [0, 0.05) is 11.1 Å². The first-order valence-electron chi connectivity index (χ1n) is 5.22. The van der Waals surface area contributed by atoms with Crippen molar-refractivity contribution in [2.24, 2.45) is 0 Å². The molecule has 0 saturated heterocycles. The molecule has 0 fully saturated rings. The van der Waals surface area contributed by atoms with Crippen LogP contribution in [0.3, 0.4) is 0 Å². The molecule has 0 amide bonds. The molecule has 0 aliphatic carbocycles. The summed E-state index contributed by atoms with van der Waals surface area (Å²) in [6, 6.07) is 10.0. The van der Waals surface area contributed by atoms with Crippen molar-refractivity contribution in [2.75, 3.05) is 5.32 Å². The minimum atomic E-state index is 0.0638. The van der Waals surface area contributed by atoms with Crippen LogP contribution in [0.4, 0.5) is 10.8 Å². The fourth-order valence-electron chi connectivity index (χ4n) is 1.22. The first-order valence-corrected chi connectivity index (χ1v) is 6.03. The Kier molecular flexibility index (Phi) is 2.92. The van der Waals surface area contributed by atoms with Crippen molar-refractivity contribution in [3.63, 3.8) is 0 Å². The second-order valence-corrected chi connectivity index (χ2v) is 5.63. The number of rotatable bonds is 2. The number of aromatic nitrogens is 2. The first kappa shape index (κ1) is 11.1. The lowest BCUT2D eigenvalue weighted by atomic mass is 9.98. The summed E-state index contributed by atoms with van der Waals surface area (Å²) in [6.45, 7) is 6.42. The molecule has 2 aromatic rings. The molecule has 3 nitrogen and oxygen atoms in total. The number of hydrogen-bond acceptors (Lipinski definition) is 4. The third kappa shape index (κ3) is 2.58. The van der Waals surface area contributed by atoms with E-state index in [1.54, 1.807) is 11.3 Å². The molecule has 0 radical (unpaired) electrons. The fourth-order valence-corrected chi connectivity index (χ4v) is 2.04. The highest BCUT2D eigenvalue weighted by atomic mass is 32.1. The van der Waals surface area contributed by atoms with Crippen LogP contribution in [0, 0.1) is 0 Å². The second-order valence-electron chi connectivity index (χ2n) is 4.65. The van der Waals surface area contributed by atoms with Crippen LogP contribution in [0.25, 0.3) is 0 Å². The smallest absolute Gasteiger partial charge is 0.210 e. The number of hydrogen-bond donors (Lipinski definition) is 1. The van der Waals surface area contributed by atoms with Gasteiger partial charge in [0.1, 0.15) is 5.01 Å². The summed E-state index contributed by atoms with van der Waals surface area (Å²) in [5.74, 6) is 0. The van der Waals surface area contributed by atoms with E-state index in [9.17, 15) is 0 Å². The van der Waals surface area contributed by atoms with E-state index >= 15 is 0 Å². The van der Waals surface area contributed by atoms with Crippen LogP contribution in [0.5, 0.6) is 0 Å². The van der Waals surface area contributed by atoms with Crippen LogP contribution in [-0.2, 0) is 5.41 Å². The van der Waals surface area contributed by atoms with Crippen LogP contribution in [0.15, 0.2) is 30.3 Å². The molecule has 16 heavy (non-hydrogen) atoms. The molecule has 0 atom stereocenters. The van der Waals surface area contributed by atoms with Crippen molar-refractivity contribution in [3.8, 4) is 0 Å². The van der Waals surface area contributed by atoms with E-state index in [4.69, 9.17) is 0 Å². The van der Waals surface area contributed by atoms with Crippen LogP contribution < -0.4 is 5.32 Å². The van der Waals surface area contributed by atoms with Gasteiger partial charge < -0.3 is 5.32 Å². The average molecular weight is 233 g/mol. The largest absolute Gasteiger partial charge is 0.330 e. The number of benzene rings is 1. The maximum absolute atomic E-state index is 4.19. The molecule has 1 heterocycles. The standard InChI is InChI=1S/C12H15N3S/c1-12(2,3)10-14-15-11(16-10)13-9-7-5-4-6-8-9/h4-8H,1-3H3,(H,13,15). The Morgan fingerprint density at radius 2 is 1.75 bits per heavy atom. The molecule has 0 unspecified atom stereocenters. The summed E-state index contributed by atoms with van der Waals surface area (Å²) in [4.78, 5) is 0. The van der Waals surface area contributed by atoms with Crippen molar-refractivity contribution in [1.29, 1.82) is 0 Å². The quantitative estimate of drug-likeness (QED) is 0.861. The summed E-state index contributed by atoms with van der Waals surface area (Å²) < 4.78 is 0. The minimum absolute atomic E-state index is 0.0638. The molecule has 4 heteroatoms. The lowest BCUT2D eigenvalue weighted by molar-refractivity contribution is 0.578. The molecule has 1 N–H and O–H groups in total. The summed E-state index contributed by atoms with van der Waals surface area (Å²) >= 11 is 1.60. The lowest BCUT2D eigenvalue weighted by Crippen LogP contribution is -2.10. The topological polar surface area (TPSA) is 37.8 Å². The van der Waals surface area contributed by atoms with Crippen molar-refractivity contribution in [1.82, 2.24) is 10.2 Å². The zero-order valence-electron chi connectivity index (χ0n) is 9.69. The molecule has 0 spiro atoms. The van der Waals surface area contributed by atoms with Gasteiger partial charge in [0.05, 0.1) is 0 Å². The number of anilines is 2. The fraction of sp³-hybridized carbons (Fsp3) is 0.333. The Morgan fingerprint density at radius 1 is 1.06 bits per heavy atom. The van der Waals surface area contributed by atoms with Gasteiger partial charge in [0.15, 0.2) is 0 Å². The van der Waals surface area contributed by atoms with E-state index in [0.717, 1.165) is 15.8 Å². The van der Waals surface area contributed by atoms with Crippen LogP contribution in [0.2, 0.25) is 0 Å². The Morgan fingerprint density at radius 3 is 2.31 bits per heavy atom. The van der Waals surface area contributed by atoms with Gasteiger partial charge in [-0.05, 0) is 12.1 Å². The molecular weight excluding hydrogens is 218 g/mol. The summed E-state index contributed by atoms with van der Waals surface area (Å²) in [6.07, 6.45) is 0. The third-order valence-corrected chi connectivity index (χ3v) is 3.36. The molecular formula is C12H15N3S. The van der Waals surface area contributed by atoms with Crippen molar-refractivity contribution < 1.29 is 0 Å². The van der Waals surface area contributed by atoms with Gasteiger partial charge in [0.2, 0.25) is 5.13 Å². The summed E-state index contributed by atoms with van der Waals surface area (Å²) in [5.41, 5.74) is 1.10. The average Bonchev–Trinajstić information content (AvgIpc) is 2.67. The SMILES string of the molecule is CC(C)(C)c1nnc(Nc2ccccc2)s1. The number of para-hydroxylation sites is 1. The second kappa shape index (κ2) is 4.22. The van der Waals surface area contributed by atoms with E-state index in [1.165, 1.54) is 0 Å². The minimum Gasteiger partial charge on any atom is -0.330 e. The monoisotopic (exact) mass is 233 g/mol. The van der Waals surface area contributed by atoms with Gasteiger partial charge in [0.25, 0.3) is 0 Å². The molecule has 0 bridgehead atoms. The van der Waals surface area contributed by atoms with Crippen molar-refractivity contribution in [3.05, 3.63) is 35.3 Å². The Balaban J connectivity index is 2.15. The van der Waals surface area contributed by atoms with Gasteiger partial charge in [-0.1, -0.05) is 50.3 Å². The van der Waals surface area contributed by atoms with Crippen molar-refractivity contribution in [2.45, 2.75) is 26.2 Å². The maximum atomic E-state index is 4.19. The molecule has 84 valence electrons. The third-order valence-electron chi connectivity index (χ3n) is 2.09.